The smallest absolute Gasteiger partial charge is 0.216 e. The number of aromatic nitrogens is 3. The monoisotopic (exact) mass is 306 g/mol. The van der Waals surface area contributed by atoms with Crippen molar-refractivity contribution in [1.82, 2.24) is 14.9 Å². The van der Waals surface area contributed by atoms with E-state index in [-0.39, 0.29) is 0 Å². The molecule has 21 heavy (non-hydrogen) atoms. The zero-order valence-electron chi connectivity index (χ0n) is 12.3. The highest BCUT2D eigenvalue weighted by Gasteiger charge is 2.05. The molecule has 0 aliphatic carbocycles. The fraction of sp³-hybridized carbons (Fsp3) is 0.357. The van der Waals surface area contributed by atoms with E-state index >= 15 is 0 Å². The van der Waals surface area contributed by atoms with Crippen molar-refractivity contribution in [3.63, 3.8) is 0 Å². The number of hydrogen-bond acceptors (Lipinski definition) is 5. The van der Waals surface area contributed by atoms with E-state index in [1.807, 2.05) is 18.2 Å². The third-order valence-corrected chi connectivity index (χ3v) is 3.19. The lowest BCUT2D eigenvalue weighted by atomic mass is 10.2. The van der Waals surface area contributed by atoms with Crippen LogP contribution >= 0.6 is 12.2 Å². The number of nitrogens with zero attached hydrogens (tertiary/aromatic N) is 3. The maximum Gasteiger partial charge on any atom is 0.216 e. The second kappa shape index (κ2) is 7.03. The van der Waals surface area contributed by atoms with Crippen LogP contribution in [0.25, 0.3) is 0 Å². The fourth-order valence-corrected chi connectivity index (χ4v) is 2.08. The van der Waals surface area contributed by atoms with Gasteiger partial charge in [-0.1, -0.05) is 6.92 Å². The van der Waals surface area contributed by atoms with Crippen LogP contribution in [0.5, 0.6) is 11.5 Å². The average molecular weight is 306 g/mol. The van der Waals surface area contributed by atoms with Crippen LogP contribution in [0.15, 0.2) is 23.3 Å². The van der Waals surface area contributed by atoms with E-state index in [0.29, 0.717) is 16.3 Å². The Morgan fingerprint density at radius 3 is 2.76 bits per heavy atom. The van der Waals surface area contributed by atoms with Crippen molar-refractivity contribution in [2.24, 2.45) is 5.10 Å². The largest absolute Gasteiger partial charge is 0.493 e. The normalized spacial score (nSPS) is 11.0. The quantitative estimate of drug-likeness (QED) is 0.658. The van der Waals surface area contributed by atoms with Gasteiger partial charge < -0.3 is 9.47 Å². The van der Waals surface area contributed by atoms with E-state index in [9.17, 15) is 0 Å². The summed E-state index contributed by atoms with van der Waals surface area (Å²) in [4.78, 5) is 0. The average Bonchev–Trinajstić information content (AvgIpc) is 2.85. The Morgan fingerprint density at radius 1 is 1.33 bits per heavy atom. The molecule has 1 aromatic heterocycles. The summed E-state index contributed by atoms with van der Waals surface area (Å²) in [6.45, 7) is 2.08. The Balaban J connectivity index is 2.29. The van der Waals surface area contributed by atoms with Crippen molar-refractivity contribution in [2.75, 3.05) is 14.2 Å². The number of ether oxygens (including phenoxy) is 2. The number of aromatic amines is 1. The molecule has 2 rings (SSSR count). The predicted molar refractivity (Wildman–Crippen MR) is 83.9 cm³/mol. The minimum Gasteiger partial charge on any atom is -0.493 e. The van der Waals surface area contributed by atoms with Gasteiger partial charge in [-0.05, 0) is 42.4 Å². The molecule has 0 fully saturated rings. The third-order valence-electron chi connectivity index (χ3n) is 2.92. The highest BCUT2D eigenvalue weighted by atomic mass is 32.1. The lowest BCUT2D eigenvalue weighted by molar-refractivity contribution is 0.355. The third kappa shape index (κ3) is 3.49. The van der Waals surface area contributed by atoms with Crippen LogP contribution in [0.4, 0.5) is 0 Å². The van der Waals surface area contributed by atoms with Crippen LogP contribution < -0.4 is 9.47 Å². The molecule has 112 valence electrons. The van der Waals surface area contributed by atoms with E-state index in [0.717, 1.165) is 24.2 Å². The van der Waals surface area contributed by atoms with Gasteiger partial charge in [-0.3, -0.25) is 5.10 Å². The van der Waals surface area contributed by atoms with E-state index in [1.54, 1.807) is 25.1 Å². The number of nitrogens with one attached hydrogen (secondary N) is 1. The Bertz CT molecular complexity index is 691. The van der Waals surface area contributed by atoms with Gasteiger partial charge in [-0.25, -0.2) is 0 Å². The topological polar surface area (TPSA) is 64.4 Å². The van der Waals surface area contributed by atoms with Crippen molar-refractivity contribution < 1.29 is 9.47 Å². The molecule has 0 atom stereocenters. The molecule has 0 unspecified atom stereocenters. The van der Waals surface area contributed by atoms with Gasteiger partial charge in [-0.15, -0.1) is 0 Å². The van der Waals surface area contributed by atoms with Gasteiger partial charge in [-0.2, -0.15) is 14.9 Å². The minimum atomic E-state index is 0.482. The molecule has 0 aliphatic rings. The molecule has 0 saturated carbocycles. The van der Waals surface area contributed by atoms with E-state index in [1.165, 1.54) is 0 Å². The van der Waals surface area contributed by atoms with Crippen molar-refractivity contribution in [3.8, 4) is 11.5 Å². The zero-order valence-corrected chi connectivity index (χ0v) is 13.1. The van der Waals surface area contributed by atoms with Crippen LogP contribution in [-0.2, 0) is 6.42 Å². The van der Waals surface area contributed by atoms with Crippen LogP contribution in [-0.4, -0.2) is 35.3 Å². The van der Waals surface area contributed by atoms with Crippen molar-refractivity contribution in [3.05, 3.63) is 34.4 Å². The first kappa shape index (κ1) is 15.2. The zero-order chi connectivity index (χ0) is 15.2. The minimum absolute atomic E-state index is 0.482. The number of methoxy groups -OCH3 is 2. The summed E-state index contributed by atoms with van der Waals surface area (Å²) in [7, 11) is 3.21. The number of hydrogen-bond donors (Lipinski definition) is 1. The SMILES string of the molecule is CCCc1n[nH]c(=S)n1N=Cc1ccc(OC)c(OC)c1. The Labute approximate surface area is 128 Å². The summed E-state index contributed by atoms with van der Waals surface area (Å²) in [5.74, 6) is 2.16. The molecule has 1 heterocycles. The van der Waals surface area contributed by atoms with Crippen molar-refractivity contribution >= 4 is 18.4 Å². The van der Waals surface area contributed by atoms with Crippen LogP contribution in [0.2, 0.25) is 0 Å². The number of H-pyrrole nitrogens is 1. The summed E-state index contributed by atoms with van der Waals surface area (Å²) in [5.41, 5.74) is 0.887. The Kier molecular flexibility index (Phi) is 5.10. The molecular weight excluding hydrogens is 288 g/mol. The molecule has 0 aliphatic heterocycles. The van der Waals surface area contributed by atoms with Crippen molar-refractivity contribution in [1.29, 1.82) is 0 Å². The van der Waals surface area contributed by atoms with Gasteiger partial charge >= 0.3 is 0 Å². The summed E-state index contributed by atoms with van der Waals surface area (Å²) in [6.07, 6.45) is 3.51. The van der Waals surface area contributed by atoms with Gasteiger partial charge in [0.1, 0.15) is 0 Å². The molecule has 0 saturated heterocycles. The predicted octanol–water partition coefficient (Wildman–Crippen LogP) is 2.79. The first-order valence-electron chi connectivity index (χ1n) is 6.62. The molecule has 6 nitrogen and oxygen atoms in total. The maximum atomic E-state index is 5.27. The summed E-state index contributed by atoms with van der Waals surface area (Å²) in [5, 5.41) is 11.3. The highest BCUT2D eigenvalue weighted by Crippen LogP contribution is 2.26. The fourth-order valence-electron chi connectivity index (χ4n) is 1.89. The van der Waals surface area contributed by atoms with Gasteiger partial charge in [0.15, 0.2) is 17.3 Å². The molecule has 0 spiro atoms. The Hall–Kier alpha value is -2.15. The molecule has 1 aromatic carbocycles. The van der Waals surface area contributed by atoms with Gasteiger partial charge in [0.05, 0.1) is 20.4 Å². The summed E-state index contributed by atoms with van der Waals surface area (Å²) in [6, 6.07) is 5.58. The van der Waals surface area contributed by atoms with Crippen LogP contribution in [0, 0.1) is 4.77 Å². The highest BCUT2D eigenvalue weighted by molar-refractivity contribution is 7.71. The maximum absolute atomic E-state index is 5.27. The summed E-state index contributed by atoms with van der Waals surface area (Å²) >= 11 is 5.18. The molecule has 0 radical (unpaired) electrons. The number of rotatable bonds is 6. The molecule has 0 bridgehead atoms. The van der Waals surface area contributed by atoms with Gasteiger partial charge in [0.2, 0.25) is 4.77 Å². The number of benzene rings is 1. The van der Waals surface area contributed by atoms with Crippen LogP contribution in [0.1, 0.15) is 24.7 Å². The second-order valence-corrected chi connectivity index (χ2v) is 4.75. The van der Waals surface area contributed by atoms with Crippen molar-refractivity contribution in [2.45, 2.75) is 19.8 Å². The van der Waals surface area contributed by atoms with Crippen LogP contribution in [0.3, 0.4) is 0 Å². The van der Waals surface area contributed by atoms with Gasteiger partial charge in [0, 0.05) is 6.42 Å². The standard InChI is InChI=1S/C14H18N4O2S/c1-4-5-13-16-17-14(21)18(13)15-9-10-6-7-11(19-2)12(8-10)20-3/h6-9H,4-5H2,1-3H3,(H,17,21). The Morgan fingerprint density at radius 2 is 2.10 bits per heavy atom. The lowest BCUT2D eigenvalue weighted by Gasteiger charge is -2.07. The number of aryl methyl sites for hydroxylation is 1. The summed E-state index contributed by atoms with van der Waals surface area (Å²) < 4.78 is 12.6. The molecule has 1 N–H and O–H groups in total. The first-order chi connectivity index (χ1) is 10.2. The molecular formula is C14H18N4O2S. The van der Waals surface area contributed by atoms with Gasteiger partial charge in [0.25, 0.3) is 0 Å². The molecule has 0 amide bonds. The second-order valence-electron chi connectivity index (χ2n) is 4.37. The first-order valence-corrected chi connectivity index (χ1v) is 7.03. The lowest BCUT2D eigenvalue weighted by Crippen LogP contribution is -1.99. The molecule has 7 heteroatoms. The molecule has 2 aromatic rings. The van der Waals surface area contributed by atoms with E-state index < -0.39 is 0 Å². The van der Waals surface area contributed by atoms with E-state index in [4.69, 9.17) is 21.7 Å². The van der Waals surface area contributed by atoms with E-state index in [2.05, 4.69) is 22.2 Å².